The van der Waals surface area contributed by atoms with E-state index < -0.39 is 0 Å². The Morgan fingerprint density at radius 1 is 1.03 bits per heavy atom. The van der Waals surface area contributed by atoms with E-state index in [0.29, 0.717) is 19.7 Å². The molecule has 0 N–H and O–H groups in total. The molecule has 2 heterocycles. The number of para-hydroxylation sites is 2. The molecular formula is C26H32N2O3. The van der Waals surface area contributed by atoms with Gasteiger partial charge in [0.25, 0.3) is 0 Å². The number of amides is 1. The number of esters is 1. The zero-order chi connectivity index (χ0) is 21.8. The van der Waals surface area contributed by atoms with E-state index >= 15 is 0 Å². The predicted octanol–water partition coefficient (Wildman–Crippen LogP) is 4.36. The van der Waals surface area contributed by atoms with Gasteiger partial charge in [0, 0.05) is 19.0 Å². The van der Waals surface area contributed by atoms with Gasteiger partial charge in [-0.2, -0.15) is 0 Å². The first-order valence-corrected chi connectivity index (χ1v) is 11.5. The highest BCUT2D eigenvalue weighted by Gasteiger charge is 2.32. The third kappa shape index (κ3) is 4.67. The largest absolute Gasteiger partial charge is 0.466 e. The van der Waals surface area contributed by atoms with Crippen molar-refractivity contribution in [1.29, 1.82) is 0 Å². The monoisotopic (exact) mass is 420 g/mol. The second-order valence-electron chi connectivity index (χ2n) is 8.68. The van der Waals surface area contributed by atoms with E-state index in [1.54, 1.807) is 0 Å². The van der Waals surface area contributed by atoms with Gasteiger partial charge in [-0.25, -0.2) is 0 Å². The van der Waals surface area contributed by atoms with Gasteiger partial charge in [-0.05, 0) is 62.4 Å². The number of rotatable bonds is 5. The lowest BCUT2D eigenvalue weighted by atomic mass is 9.96. The number of anilines is 2. The van der Waals surface area contributed by atoms with E-state index in [4.69, 9.17) is 4.74 Å². The normalized spacial score (nSPS) is 19.7. The molecule has 2 aromatic rings. The van der Waals surface area contributed by atoms with Crippen LogP contribution in [0.5, 0.6) is 0 Å². The summed E-state index contributed by atoms with van der Waals surface area (Å²) in [4.78, 5) is 30.2. The molecule has 1 amide bonds. The second-order valence-corrected chi connectivity index (χ2v) is 8.68. The molecule has 2 aromatic carbocycles. The van der Waals surface area contributed by atoms with Crippen LogP contribution in [0.25, 0.3) is 0 Å². The fourth-order valence-electron chi connectivity index (χ4n) is 4.88. The fourth-order valence-corrected chi connectivity index (χ4v) is 4.88. The van der Waals surface area contributed by atoms with E-state index in [-0.39, 0.29) is 23.7 Å². The third-order valence-corrected chi connectivity index (χ3v) is 6.43. The average molecular weight is 421 g/mol. The molecular weight excluding hydrogens is 388 g/mol. The molecule has 2 aliphatic rings. The van der Waals surface area contributed by atoms with Crippen molar-refractivity contribution in [3.05, 3.63) is 59.7 Å². The molecule has 1 fully saturated rings. The summed E-state index contributed by atoms with van der Waals surface area (Å²) in [5.41, 5.74) is 4.40. The Balaban J connectivity index is 1.54. The fraction of sp³-hybridized carbons (Fsp3) is 0.462. The van der Waals surface area contributed by atoms with Crippen LogP contribution >= 0.6 is 0 Å². The lowest BCUT2D eigenvalue weighted by molar-refractivity contribution is -0.150. The molecule has 0 aromatic heterocycles. The van der Waals surface area contributed by atoms with Crippen LogP contribution < -0.4 is 4.90 Å². The van der Waals surface area contributed by atoms with Gasteiger partial charge >= 0.3 is 5.97 Å². The van der Waals surface area contributed by atoms with Gasteiger partial charge in [-0.15, -0.1) is 0 Å². The quantitative estimate of drug-likeness (QED) is 0.675. The summed E-state index contributed by atoms with van der Waals surface area (Å²) in [6.45, 7) is 6.50. The molecule has 1 saturated heterocycles. The minimum atomic E-state index is -0.180. The summed E-state index contributed by atoms with van der Waals surface area (Å²) in [6, 6.07) is 16.5. The Morgan fingerprint density at radius 3 is 2.26 bits per heavy atom. The molecule has 0 bridgehead atoms. The standard InChI is InChI=1S/C26H32N2O3/c1-3-31-26(30)22-11-8-16-27(18-22)17-19(2)25(29)28-23-12-6-4-9-20(23)14-15-21-10-5-7-13-24(21)28/h4-7,9-10,12-13,19,22H,3,8,11,14-18H2,1-2H3. The number of nitrogens with zero attached hydrogens (tertiary/aromatic N) is 2. The topological polar surface area (TPSA) is 49.9 Å². The van der Waals surface area contributed by atoms with Crippen LogP contribution in [0.1, 0.15) is 37.8 Å². The van der Waals surface area contributed by atoms with Crippen LogP contribution in [0.2, 0.25) is 0 Å². The summed E-state index contributed by atoms with van der Waals surface area (Å²) in [7, 11) is 0. The lowest BCUT2D eigenvalue weighted by Gasteiger charge is -2.34. The highest BCUT2D eigenvalue weighted by Crippen LogP contribution is 2.37. The van der Waals surface area contributed by atoms with Gasteiger partial charge in [0.2, 0.25) is 5.91 Å². The molecule has 5 nitrogen and oxygen atoms in total. The molecule has 164 valence electrons. The molecule has 31 heavy (non-hydrogen) atoms. The number of hydrogen-bond donors (Lipinski definition) is 0. The number of likely N-dealkylation sites (tertiary alicyclic amines) is 1. The maximum atomic E-state index is 13.8. The minimum Gasteiger partial charge on any atom is -0.466 e. The van der Waals surface area contributed by atoms with Gasteiger partial charge in [-0.1, -0.05) is 43.3 Å². The van der Waals surface area contributed by atoms with Gasteiger partial charge < -0.3 is 9.64 Å². The number of hydrogen-bond acceptors (Lipinski definition) is 4. The van der Waals surface area contributed by atoms with Crippen molar-refractivity contribution in [2.75, 3.05) is 31.1 Å². The van der Waals surface area contributed by atoms with E-state index in [2.05, 4.69) is 29.2 Å². The van der Waals surface area contributed by atoms with Gasteiger partial charge in [0.05, 0.1) is 23.9 Å². The number of aryl methyl sites for hydroxylation is 2. The average Bonchev–Trinajstić information content (AvgIpc) is 2.96. The SMILES string of the molecule is CCOC(=O)C1CCCN(CC(C)C(=O)N2c3ccccc3CCc3ccccc32)C1. The number of carbonyl (C=O) groups is 2. The molecule has 0 spiro atoms. The van der Waals surface area contributed by atoms with Crippen molar-refractivity contribution in [2.45, 2.75) is 39.5 Å². The molecule has 0 saturated carbocycles. The van der Waals surface area contributed by atoms with Crippen molar-refractivity contribution in [3.63, 3.8) is 0 Å². The Kier molecular flexibility index (Phi) is 6.71. The Labute approximate surface area is 185 Å². The summed E-state index contributed by atoms with van der Waals surface area (Å²) in [5, 5.41) is 0. The van der Waals surface area contributed by atoms with Crippen LogP contribution in [-0.4, -0.2) is 43.0 Å². The van der Waals surface area contributed by atoms with Crippen LogP contribution in [0.15, 0.2) is 48.5 Å². The zero-order valence-corrected chi connectivity index (χ0v) is 18.5. The van der Waals surface area contributed by atoms with E-state index in [1.807, 2.05) is 43.0 Å². The van der Waals surface area contributed by atoms with Gasteiger partial charge in [0.15, 0.2) is 0 Å². The Hall–Kier alpha value is -2.66. The van der Waals surface area contributed by atoms with Gasteiger partial charge in [-0.3, -0.25) is 14.5 Å². The molecule has 2 atom stereocenters. The van der Waals surface area contributed by atoms with Crippen LogP contribution in [-0.2, 0) is 27.2 Å². The number of fused-ring (bicyclic) bond motifs is 2. The molecule has 0 aliphatic carbocycles. The van der Waals surface area contributed by atoms with Crippen molar-refractivity contribution >= 4 is 23.3 Å². The summed E-state index contributed by atoms with van der Waals surface area (Å²) in [6.07, 6.45) is 3.68. The van der Waals surface area contributed by atoms with Crippen LogP contribution in [0.3, 0.4) is 0 Å². The van der Waals surface area contributed by atoms with E-state index in [0.717, 1.165) is 43.6 Å². The molecule has 2 unspecified atom stereocenters. The van der Waals surface area contributed by atoms with Crippen molar-refractivity contribution < 1.29 is 14.3 Å². The second kappa shape index (κ2) is 9.65. The maximum absolute atomic E-state index is 13.8. The van der Waals surface area contributed by atoms with Crippen molar-refractivity contribution in [3.8, 4) is 0 Å². The van der Waals surface area contributed by atoms with Crippen LogP contribution in [0.4, 0.5) is 11.4 Å². The first-order valence-electron chi connectivity index (χ1n) is 11.5. The highest BCUT2D eigenvalue weighted by atomic mass is 16.5. The number of benzene rings is 2. The molecule has 4 rings (SSSR count). The van der Waals surface area contributed by atoms with Crippen LogP contribution in [0, 0.1) is 11.8 Å². The van der Waals surface area contributed by atoms with Gasteiger partial charge in [0.1, 0.15) is 0 Å². The number of carbonyl (C=O) groups excluding carboxylic acids is 2. The number of piperidine rings is 1. The summed E-state index contributed by atoms with van der Waals surface area (Å²) in [5.74, 6) is -0.266. The molecule has 2 aliphatic heterocycles. The van der Waals surface area contributed by atoms with E-state index in [9.17, 15) is 9.59 Å². The van der Waals surface area contributed by atoms with Crippen molar-refractivity contribution in [1.82, 2.24) is 4.90 Å². The highest BCUT2D eigenvalue weighted by molar-refractivity contribution is 6.03. The molecule has 0 radical (unpaired) electrons. The Bertz CT molecular complexity index is 894. The smallest absolute Gasteiger partial charge is 0.310 e. The zero-order valence-electron chi connectivity index (χ0n) is 18.5. The first-order chi connectivity index (χ1) is 15.1. The van der Waals surface area contributed by atoms with Crippen molar-refractivity contribution in [2.24, 2.45) is 11.8 Å². The number of ether oxygens (including phenoxy) is 1. The Morgan fingerprint density at radius 2 is 1.65 bits per heavy atom. The minimum absolute atomic E-state index is 0.0874. The third-order valence-electron chi connectivity index (χ3n) is 6.43. The lowest BCUT2D eigenvalue weighted by Crippen LogP contribution is -2.44. The maximum Gasteiger partial charge on any atom is 0.310 e. The molecule has 5 heteroatoms. The van der Waals surface area contributed by atoms with E-state index in [1.165, 1.54) is 11.1 Å². The first kappa shape index (κ1) is 21.6. The summed E-state index contributed by atoms with van der Waals surface area (Å²) < 4.78 is 5.23. The summed E-state index contributed by atoms with van der Waals surface area (Å²) >= 11 is 0. The predicted molar refractivity (Wildman–Crippen MR) is 122 cm³/mol.